The van der Waals surface area contributed by atoms with Crippen molar-refractivity contribution in [1.29, 1.82) is 0 Å². The van der Waals surface area contributed by atoms with Crippen LogP contribution in [0.15, 0.2) is 54.7 Å². The molecule has 0 radical (unpaired) electrons. The molecule has 2 aromatic heterocycles. The van der Waals surface area contributed by atoms with Gasteiger partial charge in [0.2, 0.25) is 0 Å². The van der Waals surface area contributed by atoms with Gasteiger partial charge >= 0.3 is 5.97 Å². The molecule has 4 heterocycles. The topological polar surface area (TPSA) is 98.9 Å². The number of aromatic nitrogens is 3. The van der Waals surface area contributed by atoms with Crippen molar-refractivity contribution in [2.24, 2.45) is 0 Å². The zero-order valence-electron chi connectivity index (χ0n) is 22.3. The number of benzene rings is 2. The van der Waals surface area contributed by atoms with Crippen LogP contribution in [0, 0.1) is 0 Å². The highest BCUT2D eigenvalue weighted by atomic mass is 35.5. The second-order valence-electron chi connectivity index (χ2n) is 10.3. The summed E-state index contributed by atoms with van der Waals surface area (Å²) in [4.78, 5) is 23.3. The highest BCUT2D eigenvalue weighted by Crippen LogP contribution is 2.30. The molecule has 0 amide bonds. The lowest BCUT2D eigenvalue weighted by Gasteiger charge is -2.33. The smallest absolute Gasteiger partial charge is 0.335 e. The van der Waals surface area contributed by atoms with Gasteiger partial charge in [-0.3, -0.25) is 9.88 Å². The first-order valence-corrected chi connectivity index (χ1v) is 14.4. The summed E-state index contributed by atoms with van der Waals surface area (Å²) < 4.78 is 20.1. The monoisotopic (exact) mass is 596 g/mol. The number of hydrogen-bond donors (Lipinski definition) is 1. The molecule has 0 aliphatic carbocycles. The molecular weight excluding hydrogens is 567 g/mol. The summed E-state index contributed by atoms with van der Waals surface area (Å²) in [6.07, 6.45) is 4.60. The number of carboxylic acids is 1. The Morgan fingerprint density at radius 2 is 1.90 bits per heavy atom. The quantitative estimate of drug-likeness (QED) is 0.243. The van der Waals surface area contributed by atoms with Crippen molar-refractivity contribution in [3.63, 3.8) is 0 Å². The molecule has 2 saturated heterocycles. The van der Waals surface area contributed by atoms with Crippen LogP contribution in [0.3, 0.4) is 0 Å². The number of fused-ring (bicyclic) bond motifs is 1. The number of rotatable bonds is 10. The van der Waals surface area contributed by atoms with Crippen molar-refractivity contribution in [3.8, 4) is 11.5 Å². The summed E-state index contributed by atoms with van der Waals surface area (Å²) in [5.41, 5.74) is 2.59. The van der Waals surface area contributed by atoms with Gasteiger partial charge in [-0.2, -0.15) is 0 Å². The molecule has 214 valence electrons. The van der Waals surface area contributed by atoms with E-state index in [4.69, 9.17) is 42.4 Å². The number of carboxylic acid groups (broad SMARTS) is 1. The number of carbonyl (C=O) groups is 1. The minimum Gasteiger partial charge on any atom is -0.488 e. The number of nitrogens with zero attached hydrogens (tertiary/aromatic N) is 4. The predicted octanol–water partition coefficient (Wildman–Crippen LogP) is 5.85. The van der Waals surface area contributed by atoms with Crippen LogP contribution >= 0.6 is 23.2 Å². The summed E-state index contributed by atoms with van der Waals surface area (Å²) in [5.74, 6) is 1.22. The SMILES string of the molecule is O=C(O)c1ccc2nc(CN3CCC(Oc4cccnc4COc4ccc(Cl)cc4Cl)CC3)n(CC3CCO3)c2c1. The molecule has 4 aromatic rings. The summed E-state index contributed by atoms with van der Waals surface area (Å²) in [6.45, 7) is 4.02. The van der Waals surface area contributed by atoms with Crippen LogP contribution in [0.5, 0.6) is 11.5 Å². The van der Waals surface area contributed by atoms with Gasteiger partial charge in [0.1, 0.15) is 35.7 Å². The van der Waals surface area contributed by atoms with Crippen LogP contribution in [-0.2, 0) is 24.4 Å². The number of aromatic carboxylic acids is 1. The second-order valence-corrected chi connectivity index (χ2v) is 11.2. The van der Waals surface area contributed by atoms with Crippen molar-refractivity contribution < 1.29 is 24.1 Å². The molecule has 0 bridgehead atoms. The van der Waals surface area contributed by atoms with Crippen molar-refractivity contribution in [1.82, 2.24) is 19.4 Å². The van der Waals surface area contributed by atoms with E-state index >= 15 is 0 Å². The first kappa shape index (κ1) is 27.8. The van der Waals surface area contributed by atoms with E-state index in [9.17, 15) is 9.90 Å². The molecule has 11 heteroatoms. The normalized spacial score (nSPS) is 17.9. The maximum absolute atomic E-state index is 11.6. The molecule has 1 N–H and O–H groups in total. The fourth-order valence-corrected chi connectivity index (χ4v) is 5.67. The van der Waals surface area contributed by atoms with Crippen molar-refractivity contribution in [2.45, 2.75) is 51.2 Å². The van der Waals surface area contributed by atoms with E-state index in [0.29, 0.717) is 40.3 Å². The molecule has 1 unspecified atom stereocenters. The summed E-state index contributed by atoms with van der Waals surface area (Å²) >= 11 is 12.2. The Bertz CT molecular complexity index is 1550. The van der Waals surface area contributed by atoms with E-state index in [1.807, 2.05) is 12.1 Å². The maximum Gasteiger partial charge on any atom is 0.335 e. The fraction of sp³-hybridized carbons (Fsp3) is 0.367. The minimum absolute atomic E-state index is 0.0497. The van der Waals surface area contributed by atoms with E-state index in [-0.39, 0.29) is 24.4 Å². The number of piperidine rings is 1. The van der Waals surface area contributed by atoms with Gasteiger partial charge in [-0.25, -0.2) is 9.78 Å². The number of imidazole rings is 1. The highest BCUT2D eigenvalue weighted by Gasteiger charge is 2.26. The van der Waals surface area contributed by atoms with Crippen LogP contribution in [0.2, 0.25) is 10.0 Å². The lowest BCUT2D eigenvalue weighted by atomic mass is 10.1. The largest absolute Gasteiger partial charge is 0.488 e. The van der Waals surface area contributed by atoms with Gasteiger partial charge in [0.05, 0.1) is 40.8 Å². The van der Waals surface area contributed by atoms with E-state index < -0.39 is 5.97 Å². The molecule has 41 heavy (non-hydrogen) atoms. The van der Waals surface area contributed by atoms with Gasteiger partial charge < -0.3 is 23.9 Å². The molecule has 1 atom stereocenters. The van der Waals surface area contributed by atoms with Crippen LogP contribution in [0.1, 0.15) is 41.1 Å². The zero-order valence-corrected chi connectivity index (χ0v) is 23.9. The Labute approximate surface area is 247 Å². The molecule has 2 aliphatic heterocycles. The molecule has 0 spiro atoms. The van der Waals surface area contributed by atoms with Gasteiger partial charge in [0.15, 0.2) is 0 Å². The number of pyridine rings is 1. The first-order chi connectivity index (χ1) is 19.9. The lowest BCUT2D eigenvalue weighted by Crippen LogP contribution is -2.39. The van der Waals surface area contributed by atoms with Crippen molar-refractivity contribution >= 4 is 40.2 Å². The second kappa shape index (κ2) is 12.2. The molecule has 2 aliphatic rings. The first-order valence-electron chi connectivity index (χ1n) is 13.7. The average Bonchev–Trinajstić information content (AvgIpc) is 3.28. The maximum atomic E-state index is 11.6. The fourth-order valence-electron chi connectivity index (χ4n) is 5.20. The van der Waals surface area contributed by atoms with Crippen molar-refractivity contribution in [3.05, 3.63) is 81.9 Å². The molecule has 2 aromatic carbocycles. The van der Waals surface area contributed by atoms with Crippen LogP contribution in [0.25, 0.3) is 11.0 Å². The third-order valence-corrected chi connectivity index (χ3v) is 8.08. The molecule has 6 rings (SSSR count). The van der Waals surface area contributed by atoms with Gasteiger partial charge in [0, 0.05) is 30.9 Å². The van der Waals surface area contributed by atoms with Crippen LogP contribution in [0.4, 0.5) is 0 Å². The molecule has 2 fully saturated rings. The van der Waals surface area contributed by atoms with Gasteiger partial charge in [0.25, 0.3) is 0 Å². The van der Waals surface area contributed by atoms with E-state index in [1.54, 1.807) is 42.6 Å². The number of hydrogen-bond acceptors (Lipinski definition) is 7. The average molecular weight is 597 g/mol. The summed E-state index contributed by atoms with van der Waals surface area (Å²) in [7, 11) is 0. The van der Waals surface area contributed by atoms with E-state index in [1.165, 1.54) is 0 Å². The molecule has 0 saturated carbocycles. The lowest BCUT2D eigenvalue weighted by molar-refractivity contribution is -0.0592. The zero-order chi connectivity index (χ0) is 28.3. The Morgan fingerprint density at radius 1 is 1.07 bits per heavy atom. The Morgan fingerprint density at radius 3 is 2.63 bits per heavy atom. The Kier molecular flexibility index (Phi) is 8.30. The van der Waals surface area contributed by atoms with Crippen molar-refractivity contribution in [2.75, 3.05) is 19.7 Å². The van der Waals surface area contributed by atoms with Gasteiger partial charge in [-0.05, 0) is 67.8 Å². The van der Waals surface area contributed by atoms with Gasteiger partial charge in [-0.15, -0.1) is 0 Å². The number of halogens is 2. The van der Waals surface area contributed by atoms with E-state index in [0.717, 1.165) is 55.8 Å². The third kappa shape index (κ3) is 6.43. The Balaban J connectivity index is 1.09. The van der Waals surface area contributed by atoms with E-state index in [2.05, 4.69) is 14.5 Å². The standard InChI is InChI=1S/C30H30Cl2N4O5/c31-20-4-6-27(23(32)15-20)40-18-25-28(2-1-10-33-25)41-21-7-11-35(12-8-21)17-29-34-24-5-3-19(30(37)38)14-26(24)36(29)16-22-9-13-39-22/h1-6,10,14-15,21-22H,7-9,11-13,16-18H2,(H,37,38). The van der Waals surface area contributed by atoms with Gasteiger partial charge in [-0.1, -0.05) is 23.2 Å². The summed E-state index contributed by atoms with van der Waals surface area (Å²) in [6, 6.07) is 14.0. The Hall–Kier alpha value is -3.37. The van der Waals surface area contributed by atoms with Crippen LogP contribution in [-0.4, -0.2) is 62.4 Å². The molecule has 9 nitrogen and oxygen atoms in total. The minimum atomic E-state index is -0.944. The number of likely N-dealkylation sites (tertiary alicyclic amines) is 1. The molecular formula is C30H30Cl2N4O5. The van der Waals surface area contributed by atoms with Crippen LogP contribution < -0.4 is 9.47 Å². The highest BCUT2D eigenvalue weighted by molar-refractivity contribution is 6.35. The predicted molar refractivity (Wildman–Crippen MR) is 155 cm³/mol. The third-order valence-electron chi connectivity index (χ3n) is 7.55. The number of ether oxygens (including phenoxy) is 3. The summed E-state index contributed by atoms with van der Waals surface area (Å²) in [5, 5.41) is 10.5.